The lowest BCUT2D eigenvalue weighted by Gasteiger charge is -2.43. The Balaban J connectivity index is 1.58. The highest BCUT2D eigenvalue weighted by molar-refractivity contribution is 7.90. The van der Waals surface area contributed by atoms with Gasteiger partial charge in [0.15, 0.2) is 11.6 Å². The fourth-order valence-corrected chi connectivity index (χ4v) is 7.86. The second kappa shape index (κ2) is 9.34. The van der Waals surface area contributed by atoms with Crippen LogP contribution < -0.4 is 9.44 Å². The minimum Gasteiger partial charge on any atom is -0.343 e. The van der Waals surface area contributed by atoms with E-state index in [4.69, 9.17) is 18.9 Å². The van der Waals surface area contributed by atoms with Crippen LogP contribution in [0.5, 0.6) is 0 Å². The number of benzene rings is 2. The first kappa shape index (κ1) is 27.7. The van der Waals surface area contributed by atoms with E-state index in [9.17, 15) is 16.8 Å². The number of rotatable bonds is 6. The average Bonchev–Trinajstić information content (AvgIpc) is 3.31. The highest BCUT2D eigenvalue weighted by Gasteiger charge is 2.64. The zero-order valence-corrected chi connectivity index (χ0v) is 23.8. The van der Waals surface area contributed by atoms with E-state index < -0.39 is 68.1 Å². The fourth-order valence-electron chi connectivity index (χ4n) is 5.32. The number of sulfonamides is 2. The fraction of sp³-hybridized carbons (Fsp3) is 0.538. The van der Waals surface area contributed by atoms with Crippen molar-refractivity contribution in [2.24, 2.45) is 0 Å². The third kappa shape index (κ3) is 5.28. The highest BCUT2D eigenvalue weighted by atomic mass is 32.2. The van der Waals surface area contributed by atoms with Gasteiger partial charge in [-0.05, 0) is 65.8 Å². The van der Waals surface area contributed by atoms with Crippen molar-refractivity contribution in [3.05, 3.63) is 59.7 Å². The number of aryl methyl sites for hydroxylation is 2. The Morgan fingerprint density at radius 2 is 0.842 bits per heavy atom. The van der Waals surface area contributed by atoms with E-state index in [2.05, 4.69) is 9.44 Å². The SMILES string of the molecule is Cc1ccc(S(=O)(=O)N[C@@H]2[C@@H](NS(=O)(=O)c3ccc(C)cc3)[C@@H]3OC(C)(C)O[C@@H]3[C@@H]3OC(C)(C)O[C@H]23)cc1. The van der Waals surface area contributed by atoms with Gasteiger partial charge in [-0.1, -0.05) is 35.4 Å². The summed E-state index contributed by atoms with van der Waals surface area (Å²) in [6, 6.07) is 10.6. The van der Waals surface area contributed by atoms with Crippen LogP contribution in [0.4, 0.5) is 0 Å². The summed E-state index contributed by atoms with van der Waals surface area (Å²) in [4.78, 5) is 0.0908. The molecular weight excluding hydrogens is 532 g/mol. The highest BCUT2D eigenvalue weighted by Crippen LogP contribution is 2.45. The van der Waals surface area contributed by atoms with Crippen LogP contribution in [0.3, 0.4) is 0 Å². The van der Waals surface area contributed by atoms with E-state index in [1.165, 1.54) is 24.3 Å². The van der Waals surface area contributed by atoms with Crippen molar-refractivity contribution in [3.8, 4) is 0 Å². The Labute approximate surface area is 224 Å². The van der Waals surface area contributed by atoms with Gasteiger partial charge in [-0.15, -0.1) is 0 Å². The summed E-state index contributed by atoms with van der Waals surface area (Å²) in [5, 5.41) is 0. The number of hydrogen-bond acceptors (Lipinski definition) is 8. The maximum Gasteiger partial charge on any atom is 0.240 e. The summed E-state index contributed by atoms with van der Waals surface area (Å²) < 4.78 is 84.3. The average molecular weight is 567 g/mol. The molecule has 10 nitrogen and oxygen atoms in total. The summed E-state index contributed by atoms with van der Waals surface area (Å²) in [5.74, 6) is -2.12. The number of ether oxygens (including phenoxy) is 4. The molecule has 0 unspecified atom stereocenters. The van der Waals surface area contributed by atoms with Crippen LogP contribution in [-0.2, 0) is 39.0 Å². The lowest BCUT2D eigenvalue weighted by atomic mass is 9.82. The maximum atomic E-state index is 13.5. The third-order valence-electron chi connectivity index (χ3n) is 6.99. The quantitative estimate of drug-likeness (QED) is 0.545. The van der Waals surface area contributed by atoms with Gasteiger partial charge < -0.3 is 18.9 Å². The molecule has 0 aromatic heterocycles. The number of nitrogens with one attached hydrogen (secondary N) is 2. The summed E-state index contributed by atoms with van der Waals surface area (Å²) in [6.07, 6.45) is -3.14. The minimum atomic E-state index is -4.09. The molecule has 5 rings (SSSR count). The minimum absolute atomic E-state index is 0.0454. The van der Waals surface area contributed by atoms with Gasteiger partial charge in [-0.25, -0.2) is 26.3 Å². The van der Waals surface area contributed by atoms with E-state index >= 15 is 0 Å². The summed E-state index contributed by atoms with van der Waals surface area (Å²) in [7, 11) is -8.17. The molecule has 2 heterocycles. The predicted octanol–water partition coefficient (Wildman–Crippen LogP) is 2.35. The van der Waals surface area contributed by atoms with Gasteiger partial charge >= 0.3 is 0 Å². The molecule has 3 fully saturated rings. The molecule has 38 heavy (non-hydrogen) atoms. The molecule has 2 saturated heterocycles. The van der Waals surface area contributed by atoms with Gasteiger partial charge in [0, 0.05) is 0 Å². The second-order valence-electron chi connectivity index (χ2n) is 11.0. The Bertz CT molecular complexity index is 1300. The molecule has 0 amide bonds. The summed E-state index contributed by atoms with van der Waals surface area (Å²) in [6.45, 7) is 10.6. The standard InChI is InChI=1S/C26H34N2O8S2/c1-15-7-11-17(12-8-15)37(29,30)27-19-20(28-38(31,32)18-13-9-16(2)10-14-18)22-24(36-26(5,6)34-22)23-21(19)33-25(3,4)35-23/h7-14,19-24,27-28H,1-6H3/t19-,20-,21-,22+,23-,24+/m1/s1. The van der Waals surface area contributed by atoms with E-state index in [1.807, 2.05) is 13.8 Å². The van der Waals surface area contributed by atoms with Gasteiger partial charge in [0.1, 0.15) is 24.4 Å². The summed E-state index contributed by atoms with van der Waals surface area (Å²) in [5.41, 5.74) is 1.81. The van der Waals surface area contributed by atoms with Gasteiger partial charge in [0.05, 0.1) is 21.9 Å². The van der Waals surface area contributed by atoms with Crippen molar-refractivity contribution in [2.45, 2.75) is 99.4 Å². The Hall–Kier alpha value is -1.90. The molecule has 0 spiro atoms. The number of fused-ring (bicyclic) bond motifs is 3. The predicted molar refractivity (Wildman–Crippen MR) is 138 cm³/mol. The molecule has 0 bridgehead atoms. The zero-order valence-electron chi connectivity index (χ0n) is 22.2. The first-order chi connectivity index (χ1) is 17.6. The molecule has 6 atom stereocenters. The van der Waals surface area contributed by atoms with Crippen molar-refractivity contribution in [1.29, 1.82) is 0 Å². The first-order valence-corrected chi connectivity index (χ1v) is 15.4. The summed E-state index contributed by atoms with van der Waals surface area (Å²) >= 11 is 0. The lowest BCUT2D eigenvalue weighted by molar-refractivity contribution is -0.176. The molecule has 3 aliphatic rings. The smallest absolute Gasteiger partial charge is 0.240 e. The van der Waals surface area contributed by atoms with Crippen LogP contribution in [0.2, 0.25) is 0 Å². The van der Waals surface area contributed by atoms with Crippen molar-refractivity contribution in [3.63, 3.8) is 0 Å². The topological polar surface area (TPSA) is 129 Å². The van der Waals surface area contributed by atoms with E-state index in [-0.39, 0.29) is 9.79 Å². The molecule has 208 valence electrons. The van der Waals surface area contributed by atoms with Crippen molar-refractivity contribution in [2.75, 3.05) is 0 Å². The van der Waals surface area contributed by atoms with Gasteiger partial charge in [0.2, 0.25) is 20.0 Å². The van der Waals surface area contributed by atoms with Crippen molar-refractivity contribution >= 4 is 20.0 Å². The van der Waals surface area contributed by atoms with E-state index in [0.717, 1.165) is 11.1 Å². The molecule has 2 aromatic carbocycles. The van der Waals surface area contributed by atoms with Gasteiger partial charge in [0.25, 0.3) is 0 Å². The maximum absolute atomic E-state index is 13.5. The van der Waals surface area contributed by atoms with Crippen molar-refractivity contribution in [1.82, 2.24) is 9.44 Å². The van der Waals surface area contributed by atoms with E-state index in [0.29, 0.717) is 0 Å². The second-order valence-corrected chi connectivity index (χ2v) is 14.5. The molecule has 2 N–H and O–H groups in total. The van der Waals surface area contributed by atoms with Crippen molar-refractivity contribution < 1.29 is 35.8 Å². The Morgan fingerprint density at radius 3 is 1.16 bits per heavy atom. The van der Waals surface area contributed by atoms with Crippen LogP contribution in [0.1, 0.15) is 38.8 Å². The lowest BCUT2D eigenvalue weighted by Crippen LogP contribution is -2.70. The molecule has 1 aliphatic carbocycles. The Kier molecular flexibility index (Phi) is 6.80. The normalized spacial score (nSPS) is 32.1. The number of hydrogen-bond donors (Lipinski definition) is 2. The molecular formula is C26H34N2O8S2. The monoisotopic (exact) mass is 566 g/mol. The van der Waals surface area contributed by atoms with Crippen LogP contribution in [0.15, 0.2) is 58.3 Å². The molecule has 2 aromatic rings. The molecule has 2 aliphatic heterocycles. The van der Waals surface area contributed by atoms with Crippen LogP contribution in [0, 0.1) is 13.8 Å². The van der Waals surface area contributed by atoms with E-state index in [1.54, 1.807) is 52.0 Å². The molecule has 0 radical (unpaired) electrons. The Morgan fingerprint density at radius 1 is 0.553 bits per heavy atom. The molecule has 12 heteroatoms. The van der Waals surface area contributed by atoms with Crippen LogP contribution >= 0.6 is 0 Å². The zero-order chi connectivity index (χ0) is 27.7. The van der Waals surface area contributed by atoms with Crippen LogP contribution in [-0.4, -0.2) is 64.9 Å². The van der Waals surface area contributed by atoms with Gasteiger partial charge in [-0.2, -0.15) is 0 Å². The third-order valence-corrected chi connectivity index (χ3v) is 9.94. The largest absolute Gasteiger partial charge is 0.343 e. The molecule has 1 saturated carbocycles. The first-order valence-electron chi connectivity index (χ1n) is 12.5. The van der Waals surface area contributed by atoms with Gasteiger partial charge in [-0.3, -0.25) is 0 Å². The van der Waals surface area contributed by atoms with Crippen LogP contribution in [0.25, 0.3) is 0 Å².